The van der Waals surface area contributed by atoms with Crippen LogP contribution in [0.5, 0.6) is 0 Å². The molecule has 9 heteroatoms. The molecule has 0 radical (unpaired) electrons. The number of rotatable bonds is 4. The lowest BCUT2D eigenvalue weighted by Crippen LogP contribution is -2.54. The molecule has 0 aliphatic carbocycles. The van der Waals surface area contributed by atoms with Gasteiger partial charge in [-0.15, -0.1) is 0 Å². The van der Waals surface area contributed by atoms with E-state index in [1.807, 2.05) is 19.1 Å². The molecule has 0 N–H and O–H groups in total. The summed E-state index contributed by atoms with van der Waals surface area (Å²) in [7, 11) is -3.64. The van der Waals surface area contributed by atoms with Crippen LogP contribution in [-0.2, 0) is 10.0 Å². The highest BCUT2D eigenvalue weighted by atomic mass is 32.2. The second-order valence-corrected chi connectivity index (χ2v) is 8.80. The Kier molecular flexibility index (Phi) is 5.05. The van der Waals surface area contributed by atoms with Crippen LogP contribution in [0.15, 0.2) is 66.1 Å². The maximum absolute atomic E-state index is 13.3. The van der Waals surface area contributed by atoms with E-state index in [-0.39, 0.29) is 10.9 Å². The number of hydrogen-bond donors (Lipinski definition) is 0. The zero-order chi connectivity index (χ0) is 20.4. The lowest BCUT2D eigenvalue weighted by molar-refractivity contribution is 0.306. The molecule has 2 heterocycles. The number of nitriles is 1. The number of benzene rings is 2. The van der Waals surface area contributed by atoms with Crippen LogP contribution < -0.4 is 4.90 Å². The standard InChI is InChI=1S/C20H20N6O2S/c1-16-13-24(18-7-5-17(12-21)6-8-18)9-10-26(16)29(27,28)20-4-2-3-19(11-20)25-15-22-14-23-25/h2-8,11,14-16H,9-10,13H2,1H3/t16-/m1/s1. The van der Waals surface area contributed by atoms with Crippen molar-refractivity contribution in [3.05, 3.63) is 66.7 Å². The summed E-state index contributed by atoms with van der Waals surface area (Å²) in [6.07, 6.45) is 2.94. The quantitative estimate of drug-likeness (QED) is 0.656. The van der Waals surface area contributed by atoms with E-state index in [1.54, 1.807) is 40.7 Å². The Balaban J connectivity index is 1.54. The van der Waals surface area contributed by atoms with Crippen LogP contribution >= 0.6 is 0 Å². The first kappa shape index (κ1) is 19.1. The van der Waals surface area contributed by atoms with E-state index in [0.29, 0.717) is 30.9 Å². The third-order valence-corrected chi connectivity index (χ3v) is 7.05. The molecule has 0 unspecified atom stereocenters. The first-order valence-corrected chi connectivity index (χ1v) is 10.6. The molecule has 1 aliphatic rings. The lowest BCUT2D eigenvalue weighted by Gasteiger charge is -2.40. The average Bonchev–Trinajstić information content (AvgIpc) is 3.29. The van der Waals surface area contributed by atoms with Gasteiger partial charge in [0.15, 0.2) is 0 Å². The van der Waals surface area contributed by atoms with Gasteiger partial charge in [0.2, 0.25) is 10.0 Å². The van der Waals surface area contributed by atoms with Crippen LogP contribution in [0.4, 0.5) is 5.69 Å². The van der Waals surface area contributed by atoms with Gasteiger partial charge in [-0.3, -0.25) is 0 Å². The van der Waals surface area contributed by atoms with Gasteiger partial charge in [0.05, 0.1) is 22.2 Å². The molecule has 0 bridgehead atoms. The Morgan fingerprint density at radius 3 is 2.55 bits per heavy atom. The van der Waals surface area contributed by atoms with Crippen molar-refractivity contribution < 1.29 is 8.42 Å². The van der Waals surface area contributed by atoms with E-state index in [2.05, 4.69) is 21.1 Å². The highest BCUT2D eigenvalue weighted by Gasteiger charge is 2.34. The monoisotopic (exact) mass is 408 g/mol. The summed E-state index contributed by atoms with van der Waals surface area (Å²) in [6.45, 7) is 3.46. The molecular formula is C20H20N6O2S. The van der Waals surface area contributed by atoms with Gasteiger partial charge in [0.25, 0.3) is 0 Å². The zero-order valence-corrected chi connectivity index (χ0v) is 16.7. The van der Waals surface area contributed by atoms with Gasteiger partial charge in [-0.2, -0.15) is 14.7 Å². The van der Waals surface area contributed by atoms with Gasteiger partial charge in [-0.05, 0) is 49.4 Å². The Labute approximate surface area is 169 Å². The van der Waals surface area contributed by atoms with Crippen molar-refractivity contribution in [1.82, 2.24) is 19.1 Å². The molecule has 0 saturated carbocycles. The van der Waals surface area contributed by atoms with Crippen molar-refractivity contribution in [3.8, 4) is 11.8 Å². The largest absolute Gasteiger partial charge is 0.369 e. The number of anilines is 1. The number of hydrogen-bond acceptors (Lipinski definition) is 6. The van der Waals surface area contributed by atoms with Crippen LogP contribution in [0.25, 0.3) is 5.69 Å². The molecule has 2 aromatic carbocycles. The Morgan fingerprint density at radius 1 is 1.10 bits per heavy atom. The zero-order valence-electron chi connectivity index (χ0n) is 15.9. The minimum absolute atomic E-state index is 0.195. The number of aromatic nitrogens is 3. The van der Waals surface area contributed by atoms with Crippen molar-refractivity contribution in [1.29, 1.82) is 5.26 Å². The first-order chi connectivity index (χ1) is 14.0. The Morgan fingerprint density at radius 2 is 1.90 bits per heavy atom. The molecule has 0 spiro atoms. The van der Waals surface area contributed by atoms with Gasteiger partial charge < -0.3 is 4.90 Å². The maximum Gasteiger partial charge on any atom is 0.243 e. The Hall–Kier alpha value is -3.22. The van der Waals surface area contributed by atoms with Gasteiger partial charge in [0.1, 0.15) is 12.7 Å². The van der Waals surface area contributed by atoms with Gasteiger partial charge >= 0.3 is 0 Å². The van der Waals surface area contributed by atoms with Crippen LogP contribution in [0.2, 0.25) is 0 Å². The van der Waals surface area contributed by atoms with E-state index in [9.17, 15) is 8.42 Å². The molecule has 1 fully saturated rings. The van der Waals surface area contributed by atoms with Crippen LogP contribution in [0.3, 0.4) is 0 Å². The van der Waals surface area contributed by atoms with E-state index in [0.717, 1.165) is 5.69 Å². The first-order valence-electron chi connectivity index (χ1n) is 9.21. The lowest BCUT2D eigenvalue weighted by atomic mass is 10.1. The summed E-state index contributed by atoms with van der Waals surface area (Å²) in [6, 6.07) is 16.0. The van der Waals surface area contributed by atoms with Gasteiger partial charge in [-0.1, -0.05) is 6.07 Å². The van der Waals surface area contributed by atoms with E-state index >= 15 is 0 Å². The van der Waals surface area contributed by atoms with Crippen LogP contribution in [0, 0.1) is 11.3 Å². The van der Waals surface area contributed by atoms with E-state index in [4.69, 9.17) is 5.26 Å². The summed E-state index contributed by atoms with van der Waals surface area (Å²) >= 11 is 0. The van der Waals surface area contributed by atoms with Crippen molar-refractivity contribution in [2.45, 2.75) is 17.9 Å². The van der Waals surface area contributed by atoms with E-state index in [1.165, 1.54) is 17.3 Å². The number of sulfonamides is 1. The average molecular weight is 408 g/mol. The number of piperazine rings is 1. The SMILES string of the molecule is C[C@@H]1CN(c2ccc(C#N)cc2)CCN1S(=O)(=O)c1cccc(-n2cncn2)c1. The summed E-state index contributed by atoms with van der Waals surface area (Å²) in [5.74, 6) is 0. The summed E-state index contributed by atoms with van der Waals surface area (Å²) in [4.78, 5) is 6.29. The molecule has 0 amide bonds. The minimum Gasteiger partial charge on any atom is -0.369 e. The summed E-state index contributed by atoms with van der Waals surface area (Å²) in [5, 5.41) is 13.0. The van der Waals surface area contributed by atoms with Crippen LogP contribution in [0.1, 0.15) is 12.5 Å². The highest BCUT2D eigenvalue weighted by Crippen LogP contribution is 2.25. The third kappa shape index (κ3) is 3.72. The molecule has 8 nitrogen and oxygen atoms in total. The molecular weight excluding hydrogens is 388 g/mol. The predicted octanol–water partition coefficient (Wildman–Crippen LogP) is 2.04. The molecule has 4 rings (SSSR count). The molecule has 29 heavy (non-hydrogen) atoms. The second kappa shape index (κ2) is 7.66. The fourth-order valence-corrected chi connectivity index (χ4v) is 5.20. The third-order valence-electron chi connectivity index (χ3n) is 5.04. The Bertz CT molecular complexity index is 1140. The fourth-order valence-electron chi connectivity index (χ4n) is 3.54. The van der Waals surface area contributed by atoms with Gasteiger partial charge in [-0.25, -0.2) is 18.1 Å². The normalized spacial score (nSPS) is 17.8. The van der Waals surface area contributed by atoms with Crippen molar-refractivity contribution in [3.63, 3.8) is 0 Å². The molecule has 1 aliphatic heterocycles. The van der Waals surface area contributed by atoms with Crippen molar-refractivity contribution in [2.75, 3.05) is 24.5 Å². The van der Waals surface area contributed by atoms with Gasteiger partial charge in [0, 0.05) is 31.4 Å². The van der Waals surface area contributed by atoms with Crippen molar-refractivity contribution in [2.24, 2.45) is 0 Å². The van der Waals surface area contributed by atoms with E-state index < -0.39 is 10.0 Å². The maximum atomic E-state index is 13.3. The number of nitrogens with zero attached hydrogens (tertiary/aromatic N) is 6. The highest BCUT2D eigenvalue weighted by molar-refractivity contribution is 7.89. The minimum atomic E-state index is -3.64. The second-order valence-electron chi connectivity index (χ2n) is 6.91. The predicted molar refractivity (Wildman–Crippen MR) is 108 cm³/mol. The fraction of sp³-hybridized carbons (Fsp3) is 0.250. The molecule has 1 saturated heterocycles. The molecule has 148 valence electrons. The molecule has 1 aromatic heterocycles. The topological polar surface area (TPSA) is 95.1 Å². The summed E-state index contributed by atoms with van der Waals surface area (Å²) in [5.41, 5.74) is 2.24. The summed E-state index contributed by atoms with van der Waals surface area (Å²) < 4.78 is 29.6. The smallest absolute Gasteiger partial charge is 0.243 e. The van der Waals surface area contributed by atoms with Crippen molar-refractivity contribution >= 4 is 15.7 Å². The van der Waals surface area contributed by atoms with Crippen LogP contribution in [-0.4, -0.2) is 53.2 Å². The molecule has 1 atom stereocenters. The molecule has 3 aromatic rings.